The molecule has 4 heteroatoms. The quantitative estimate of drug-likeness (QED) is 0.871. The van der Waals surface area contributed by atoms with Crippen LogP contribution in [0.2, 0.25) is 0 Å². The maximum atomic E-state index is 13.0. The fraction of sp³-hybridized carbons (Fsp3) is 0.565. The van der Waals surface area contributed by atoms with Crippen LogP contribution in [-0.4, -0.2) is 21.7 Å². The minimum absolute atomic E-state index is 0.0259. The van der Waals surface area contributed by atoms with Gasteiger partial charge in [-0.15, -0.1) is 0 Å². The highest BCUT2D eigenvalue weighted by Gasteiger charge is 2.53. The van der Waals surface area contributed by atoms with Gasteiger partial charge in [0.1, 0.15) is 0 Å². The van der Waals surface area contributed by atoms with Crippen molar-refractivity contribution < 1.29 is 4.79 Å². The largest absolute Gasteiger partial charge is 0.350 e. The first-order chi connectivity index (χ1) is 13.0. The van der Waals surface area contributed by atoms with Crippen LogP contribution < -0.4 is 5.32 Å². The number of aromatic nitrogens is 2. The summed E-state index contributed by atoms with van der Waals surface area (Å²) >= 11 is 0. The minimum Gasteiger partial charge on any atom is -0.350 e. The van der Waals surface area contributed by atoms with Crippen LogP contribution in [-0.2, 0) is 5.41 Å². The van der Waals surface area contributed by atoms with E-state index >= 15 is 0 Å². The summed E-state index contributed by atoms with van der Waals surface area (Å²) < 4.78 is 1.92. The molecule has 0 saturated heterocycles. The van der Waals surface area contributed by atoms with Gasteiger partial charge in [-0.3, -0.25) is 4.79 Å². The van der Waals surface area contributed by atoms with E-state index in [4.69, 9.17) is 5.10 Å². The highest BCUT2D eigenvalue weighted by molar-refractivity contribution is 5.95. The summed E-state index contributed by atoms with van der Waals surface area (Å²) in [6.07, 6.45) is 9.79. The lowest BCUT2D eigenvalue weighted by Crippen LogP contribution is -2.49. The highest BCUT2D eigenvalue weighted by Crippen LogP contribution is 2.60. The molecule has 2 aromatic rings. The number of carbonyl (C=O) groups excluding carboxylic acids is 1. The fourth-order valence-electron chi connectivity index (χ4n) is 6.39. The van der Waals surface area contributed by atoms with E-state index in [1.54, 1.807) is 0 Å². The predicted octanol–water partition coefficient (Wildman–Crippen LogP) is 4.48. The average Bonchev–Trinajstić information content (AvgIpc) is 3.07. The Morgan fingerprint density at radius 2 is 1.67 bits per heavy atom. The third-order valence-electron chi connectivity index (χ3n) is 6.94. The van der Waals surface area contributed by atoms with Gasteiger partial charge in [0.25, 0.3) is 5.91 Å². The number of hydrogen-bond donors (Lipinski definition) is 1. The molecule has 0 radical (unpaired) electrons. The summed E-state index contributed by atoms with van der Waals surface area (Å²) in [5.74, 6) is 2.52. The predicted molar refractivity (Wildman–Crippen MR) is 106 cm³/mol. The smallest absolute Gasteiger partial charge is 0.254 e. The standard InChI is InChI=1S/C23H29N3O/c1-15(2)24-22(27)20-14-26(19-6-4-3-5-7-19)25-21(20)23-11-16-8-17(12-23)10-18(9-16)13-23/h3-7,14-18H,8-13H2,1-2H3,(H,24,27). The molecule has 0 unspecified atom stereocenters. The molecule has 142 valence electrons. The molecule has 4 saturated carbocycles. The first-order valence-corrected chi connectivity index (χ1v) is 10.5. The molecule has 1 aromatic carbocycles. The van der Waals surface area contributed by atoms with Crippen molar-refractivity contribution in [3.05, 3.63) is 47.8 Å². The van der Waals surface area contributed by atoms with Crippen LogP contribution in [0.25, 0.3) is 5.69 Å². The molecule has 27 heavy (non-hydrogen) atoms. The number of para-hydroxylation sites is 1. The number of rotatable bonds is 4. The molecule has 6 rings (SSSR count). The van der Waals surface area contributed by atoms with Gasteiger partial charge in [0.05, 0.1) is 16.9 Å². The molecule has 4 aliphatic carbocycles. The third kappa shape index (κ3) is 2.90. The highest BCUT2D eigenvalue weighted by atomic mass is 16.1. The molecular weight excluding hydrogens is 334 g/mol. The number of amides is 1. The zero-order valence-corrected chi connectivity index (χ0v) is 16.3. The Labute approximate surface area is 161 Å². The van der Waals surface area contributed by atoms with Crippen molar-refractivity contribution >= 4 is 5.91 Å². The molecule has 0 spiro atoms. The normalized spacial score (nSPS) is 31.4. The van der Waals surface area contributed by atoms with Crippen molar-refractivity contribution in [2.45, 2.75) is 63.8 Å². The monoisotopic (exact) mass is 363 g/mol. The van der Waals surface area contributed by atoms with Gasteiger partial charge < -0.3 is 5.32 Å². The van der Waals surface area contributed by atoms with E-state index in [1.807, 2.05) is 42.9 Å². The Kier molecular flexibility index (Phi) is 3.92. The van der Waals surface area contributed by atoms with Crippen LogP contribution in [0.15, 0.2) is 36.5 Å². The second-order valence-electron chi connectivity index (χ2n) is 9.50. The SMILES string of the molecule is CC(C)NC(=O)c1cn(-c2ccccc2)nc1C12CC3CC(CC(C3)C1)C2. The second-order valence-corrected chi connectivity index (χ2v) is 9.50. The van der Waals surface area contributed by atoms with Gasteiger partial charge in [0, 0.05) is 17.7 Å². The van der Waals surface area contributed by atoms with Gasteiger partial charge in [0.15, 0.2) is 0 Å². The second kappa shape index (κ2) is 6.22. The van der Waals surface area contributed by atoms with Gasteiger partial charge in [-0.2, -0.15) is 5.10 Å². The molecule has 0 atom stereocenters. The van der Waals surface area contributed by atoms with Gasteiger partial charge >= 0.3 is 0 Å². The molecular formula is C23H29N3O. The lowest BCUT2D eigenvalue weighted by molar-refractivity contribution is -0.00771. The Bertz CT molecular complexity index is 816. The molecule has 4 fully saturated rings. The molecule has 1 N–H and O–H groups in total. The van der Waals surface area contributed by atoms with E-state index in [2.05, 4.69) is 17.4 Å². The molecule has 1 heterocycles. The van der Waals surface area contributed by atoms with Gasteiger partial charge in [-0.1, -0.05) is 18.2 Å². The number of nitrogens with one attached hydrogen (secondary N) is 1. The molecule has 1 amide bonds. The zero-order chi connectivity index (χ0) is 18.6. The number of benzene rings is 1. The van der Waals surface area contributed by atoms with E-state index in [0.717, 1.165) is 34.7 Å². The van der Waals surface area contributed by atoms with Crippen molar-refractivity contribution in [1.29, 1.82) is 0 Å². The average molecular weight is 364 g/mol. The lowest BCUT2D eigenvalue weighted by atomic mass is 9.48. The van der Waals surface area contributed by atoms with Gasteiger partial charge in [-0.05, 0) is 82.3 Å². The van der Waals surface area contributed by atoms with E-state index in [0.29, 0.717) is 0 Å². The third-order valence-corrected chi connectivity index (χ3v) is 6.94. The van der Waals surface area contributed by atoms with E-state index < -0.39 is 0 Å². The van der Waals surface area contributed by atoms with Crippen molar-refractivity contribution in [1.82, 2.24) is 15.1 Å². The van der Waals surface area contributed by atoms with Crippen LogP contribution in [0.4, 0.5) is 0 Å². The zero-order valence-electron chi connectivity index (χ0n) is 16.3. The van der Waals surface area contributed by atoms with E-state index in [1.165, 1.54) is 38.5 Å². The summed E-state index contributed by atoms with van der Waals surface area (Å²) in [7, 11) is 0. The van der Waals surface area contributed by atoms with Crippen LogP contribution in [0.1, 0.15) is 68.4 Å². The summed E-state index contributed by atoms with van der Waals surface area (Å²) in [5.41, 5.74) is 2.98. The first-order valence-electron chi connectivity index (χ1n) is 10.5. The van der Waals surface area contributed by atoms with E-state index in [9.17, 15) is 4.79 Å². The Morgan fingerprint density at radius 1 is 1.07 bits per heavy atom. The van der Waals surface area contributed by atoms with Crippen molar-refractivity contribution in [3.63, 3.8) is 0 Å². The van der Waals surface area contributed by atoms with Crippen LogP contribution >= 0.6 is 0 Å². The maximum absolute atomic E-state index is 13.0. The Morgan fingerprint density at radius 3 is 2.22 bits per heavy atom. The van der Waals surface area contributed by atoms with Crippen LogP contribution in [0.3, 0.4) is 0 Å². The summed E-state index contributed by atoms with van der Waals surface area (Å²) in [4.78, 5) is 13.0. The minimum atomic E-state index is 0.0259. The summed E-state index contributed by atoms with van der Waals surface area (Å²) in [6.45, 7) is 4.04. The molecule has 4 bridgehead atoms. The van der Waals surface area contributed by atoms with Gasteiger partial charge in [-0.25, -0.2) is 4.68 Å². The fourth-order valence-corrected chi connectivity index (χ4v) is 6.39. The molecule has 4 aliphatic rings. The van der Waals surface area contributed by atoms with Crippen LogP contribution in [0.5, 0.6) is 0 Å². The number of carbonyl (C=O) groups is 1. The maximum Gasteiger partial charge on any atom is 0.254 e. The number of hydrogen-bond acceptors (Lipinski definition) is 2. The summed E-state index contributed by atoms with van der Waals surface area (Å²) in [6, 6.07) is 10.3. The lowest BCUT2D eigenvalue weighted by Gasteiger charge is -2.56. The topological polar surface area (TPSA) is 46.9 Å². The molecule has 0 aliphatic heterocycles. The number of nitrogens with zero attached hydrogens (tertiary/aromatic N) is 2. The Balaban J connectivity index is 1.60. The van der Waals surface area contributed by atoms with E-state index in [-0.39, 0.29) is 17.4 Å². The summed E-state index contributed by atoms with van der Waals surface area (Å²) in [5, 5.41) is 8.16. The van der Waals surface area contributed by atoms with Crippen LogP contribution in [0, 0.1) is 17.8 Å². The molecule has 1 aromatic heterocycles. The first kappa shape index (κ1) is 17.0. The molecule has 4 nitrogen and oxygen atoms in total. The Hall–Kier alpha value is -2.10. The van der Waals surface area contributed by atoms with Crippen molar-refractivity contribution in [3.8, 4) is 5.69 Å². The van der Waals surface area contributed by atoms with Crippen molar-refractivity contribution in [2.24, 2.45) is 17.8 Å². The van der Waals surface area contributed by atoms with Gasteiger partial charge in [0.2, 0.25) is 0 Å². The van der Waals surface area contributed by atoms with Crippen molar-refractivity contribution in [2.75, 3.05) is 0 Å².